The second-order valence-electron chi connectivity index (χ2n) is 7.51. The van der Waals surface area contributed by atoms with E-state index in [0.29, 0.717) is 18.2 Å². The molecule has 1 saturated heterocycles. The van der Waals surface area contributed by atoms with Crippen LogP contribution in [0.5, 0.6) is 11.6 Å². The molecule has 1 aromatic heterocycles. The predicted molar refractivity (Wildman–Crippen MR) is 111 cm³/mol. The molecule has 0 spiro atoms. The Morgan fingerprint density at radius 2 is 1.83 bits per heavy atom. The van der Waals surface area contributed by atoms with Crippen molar-refractivity contribution in [1.82, 2.24) is 14.5 Å². The van der Waals surface area contributed by atoms with Gasteiger partial charge in [0.1, 0.15) is 11.9 Å². The number of rotatable bonds is 7. The van der Waals surface area contributed by atoms with Crippen molar-refractivity contribution in [1.29, 1.82) is 0 Å². The van der Waals surface area contributed by atoms with Gasteiger partial charge in [0.05, 0.1) is 17.5 Å². The third-order valence-electron chi connectivity index (χ3n) is 4.55. The van der Waals surface area contributed by atoms with E-state index in [1.54, 1.807) is 30.3 Å². The Bertz CT molecular complexity index is 899. The minimum Gasteiger partial charge on any atom is -0.491 e. The van der Waals surface area contributed by atoms with Crippen molar-refractivity contribution >= 4 is 15.8 Å². The monoisotopic (exact) mass is 420 g/mol. The second-order valence-corrected chi connectivity index (χ2v) is 9.45. The molecule has 0 saturated carbocycles. The van der Waals surface area contributed by atoms with Gasteiger partial charge in [0.2, 0.25) is 15.9 Å². The normalized spacial score (nSPS) is 17.9. The summed E-state index contributed by atoms with van der Waals surface area (Å²) in [5.41, 5.74) is 0. The first kappa shape index (κ1) is 21.3. The van der Waals surface area contributed by atoms with E-state index in [-0.39, 0.29) is 23.6 Å². The zero-order valence-electron chi connectivity index (χ0n) is 17.3. The Morgan fingerprint density at radius 3 is 2.41 bits per heavy atom. The highest BCUT2D eigenvalue weighted by atomic mass is 32.2. The minimum atomic E-state index is -3.60. The van der Waals surface area contributed by atoms with E-state index >= 15 is 0 Å². The highest BCUT2D eigenvalue weighted by Gasteiger charge is 2.31. The Hall–Kier alpha value is -2.39. The number of ether oxygens (including phenoxy) is 2. The molecule has 1 aliphatic heterocycles. The molecule has 0 aliphatic carbocycles. The fourth-order valence-corrected chi connectivity index (χ4v) is 4.63. The van der Waals surface area contributed by atoms with Crippen molar-refractivity contribution in [3.8, 4) is 11.6 Å². The van der Waals surface area contributed by atoms with Gasteiger partial charge in [-0.05, 0) is 57.0 Å². The average Bonchev–Trinajstić information content (AvgIpc) is 2.68. The van der Waals surface area contributed by atoms with E-state index in [2.05, 4.69) is 10.2 Å². The minimum absolute atomic E-state index is 0.0346. The predicted octanol–water partition coefficient (Wildman–Crippen LogP) is 2.56. The molecule has 1 fully saturated rings. The maximum absolute atomic E-state index is 13.0. The summed E-state index contributed by atoms with van der Waals surface area (Å²) in [6.45, 7) is 4.61. The zero-order chi connectivity index (χ0) is 21.0. The average molecular weight is 421 g/mol. The van der Waals surface area contributed by atoms with Crippen molar-refractivity contribution < 1.29 is 17.9 Å². The van der Waals surface area contributed by atoms with Crippen LogP contribution < -0.4 is 14.4 Å². The maximum atomic E-state index is 13.0. The van der Waals surface area contributed by atoms with Gasteiger partial charge in [-0.15, -0.1) is 10.2 Å². The van der Waals surface area contributed by atoms with Gasteiger partial charge >= 0.3 is 0 Å². The quantitative estimate of drug-likeness (QED) is 0.680. The third-order valence-corrected chi connectivity index (χ3v) is 6.43. The molecule has 1 unspecified atom stereocenters. The van der Waals surface area contributed by atoms with Gasteiger partial charge in [-0.25, -0.2) is 8.42 Å². The summed E-state index contributed by atoms with van der Waals surface area (Å²) in [6, 6.07) is 10.1. The van der Waals surface area contributed by atoms with Crippen LogP contribution in [0.1, 0.15) is 26.7 Å². The van der Waals surface area contributed by atoms with Crippen LogP contribution in [0, 0.1) is 0 Å². The SMILES string of the molecule is CC(C)Oc1ccc(S(=O)(=O)N2CCCC(Oc3ccc(N(C)C)nn3)C2)cc1. The number of benzene rings is 1. The number of hydrogen-bond donors (Lipinski definition) is 0. The molecule has 8 nitrogen and oxygen atoms in total. The molecule has 0 amide bonds. The first-order valence-electron chi connectivity index (χ1n) is 9.70. The standard InChI is InChI=1S/C20H28N4O4S/c1-15(2)27-16-7-9-18(10-8-16)29(25,26)24-13-5-6-17(14-24)28-20-12-11-19(21-22-20)23(3)4/h7-12,15,17H,5-6,13-14H2,1-4H3. The number of aromatic nitrogens is 2. The van der Waals surface area contributed by atoms with Crippen molar-refractivity contribution in [2.24, 2.45) is 0 Å². The summed E-state index contributed by atoms with van der Waals surface area (Å²) in [5.74, 6) is 1.78. The lowest BCUT2D eigenvalue weighted by Crippen LogP contribution is -2.44. The van der Waals surface area contributed by atoms with E-state index in [1.165, 1.54) is 4.31 Å². The first-order valence-corrected chi connectivity index (χ1v) is 11.1. The molecule has 2 aromatic rings. The highest BCUT2D eigenvalue weighted by molar-refractivity contribution is 7.89. The van der Waals surface area contributed by atoms with Crippen LogP contribution in [0.4, 0.5) is 5.82 Å². The lowest BCUT2D eigenvalue weighted by atomic mass is 10.1. The van der Waals surface area contributed by atoms with Crippen molar-refractivity contribution in [3.63, 3.8) is 0 Å². The van der Waals surface area contributed by atoms with Crippen LogP contribution in [0.3, 0.4) is 0 Å². The molecule has 0 bridgehead atoms. The van der Waals surface area contributed by atoms with E-state index in [0.717, 1.165) is 18.7 Å². The van der Waals surface area contributed by atoms with Gasteiger partial charge in [-0.3, -0.25) is 0 Å². The third kappa shape index (κ3) is 5.36. The van der Waals surface area contributed by atoms with Gasteiger partial charge in [-0.2, -0.15) is 4.31 Å². The fourth-order valence-electron chi connectivity index (χ4n) is 3.12. The van der Waals surface area contributed by atoms with Gasteiger partial charge in [0.15, 0.2) is 5.82 Å². The topological polar surface area (TPSA) is 84.9 Å². The largest absolute Gasteiger partial charge is 0.491 e. The van der Waals surface area contributed by atoms with Crippen LogP contribution in [0.15, 0.2) is 41.3 Å². The molecule has 2 heterocycles. The van der Waals surface area contributed by atoms with Gasteiger partial charge < -0.3 is 14.4 Å². The van der Waals surface area contributed by atoms with E-state index in [1.807, 2.05) is 38.9 Å². The smallest absolute Gasteiger partial charge is 0.243 e. The molecule has 0 radical (unpaired) electrons. The molecule has 1 atom stereocenters. The molecule has 0 N–H and O–H groups in total. The molecular formula is C20H28N4O4S. The molecule has 29 heavy (non-hydrogen) atoms. The summed E-state index contributed by atoms with van der Waals surface area (Å²) >= 11 is 0. The molecule has 1 aromatic carbocycles. The second kappa shape index (κ2) is 8.96. The molecule has 1 aliphatic rings. The van der Waals surface area contributed by atoms with Crippen LogP contribution in [0.25, 0.3) is 0 Å². The number of anilines is 1. The molecule has 158 valence electrons. The van der Waals surface area contributed by atoms with Crippen LogP contribution in [-0.2, 0) is 10.0 Å². The van der Waals surface area contributed by atoms with Crippen LogP contribution in [-0.4, -0.2) is 62.3 Å². The Labute approximate surface area is 172 Å². The van der Waals surface area contributed by atoms with Crippen molar-refractivity contribution in [2.75, 3.05) is 32.1 Å². The molecule has 3 rings (SSSR count). The summed E-state index contributed by atoms with van der Waals surface area (Å²) in [5, 5.41) is 8.17. The van der Waals surface area contributed by atoms with Gasteiger partial charge in [0.25, 0.3) is 0 Å². The zero-order valence-corrected chi connectivity index (χ0v) is 18.1. The maximum Gasteiger partial charge on any atom is 0.243 e. The van der Waals surface area contributed by atoms with Gasteiger partial charge in [0, 0.05) is 26.7 Å². The number of sulfonamides is 1. The summed E-state index contributed by atoms with van der Waals surface area (Å²) in [7, 11) is 0.174. The molecule has 9 heteroatoms. The van der Waals surface area contributed by atoms with Gasteiger partial charge in [-0.1, -0.05) is 0 Å². The van der Waals surface area contributed by atoms with Crippen molar-refractivity contribution in [3.05, 3.63) is 36.4 Å². The fraction of sp³-hybridized carbons (Fsp3) is 0.500. The Kier molecular flexibility index (Phi) is 6.59. The van der Waals surface area contributed by atoms with Crippen LogP contribution >= 0.6 is 0 Å². The highest BCUT2D eigenvalue weighted by Crippen LogP contribution is 2.25. The van der Waals surface area contributed by atoms with Crippen molar-refractivity contribution in [2.45, 2.75) is 43.8 Å². The first-order chi connectivity index (χ1) is 13.8. The summed E-state index contributed by atoms with van der Waals surface area (Å²) in [6.07, 6.45) is 1.26. The van der Waals surface area contributed by atoms with E-state index in [4.69, 9.17) is 9.47 Å². The lowest BCUT2D eigenvalue weighted by Gasteiger charge is -2.31. The van der Waals surface area contributed by atoms with E-state index in [9.17, 15) is 8.42 Å². The number of nitrogens with zero attached hydrogens (tertiary/aromatic N) is 4. The molecular weight excluding hydrogens is 392 g/mol. The lowest BCUT2D eigenvalue weighted by molar-refractivity contribution is 0.123. The summed E-state index contributed by atoms with van der Waals surface area (Å²) in [4.78, 5) is 2.10. The Morgan fingerprint density at radius 1 is 1.10 bits per heavy atom. The number of hydrogen-bond acceptors (Lipinski definition) is 7. The van der Waals surface area contributed by atoms with Crippen LogP contribution in [0.2, 0.25) is 0 Å². The Balaban J connectivity index is 1.67. The number of piperidine rings is 1. The summed E-state index contributed by atoms with van der Waals surface area (Å²) < 4.78 is 39.0. The van der Waals surface area contributed by atoms with E-state index < -0.39 is 10.0 Å².